The maximum Gasteiger partial charge on any atom is 0.311 e. The highest BCUT2D eigenvalue weighted by Gasteiger charge is 2.34. The van der Waals surface area contributed by atoms with Crippen LogP contribution >= 0.6 is 0 Å². The van der Waals surface area contributed by atoms with Crippen LogP contribution in [-0.2, 0) is 11.8 Å². The summed E-state index contributed by atoms with van der Waals surface area (Å²) in [4.78, 5) is 42.0. The summed E-state index contributed by atoms with van der Waals surface area (Å²) in [5.74, 6) is -0.622. The topological polar surface area (TPSA) is 81.5 Å². The van der Waals surface area contributed by atoms with Gasteiger partial charge in [0.25, 0.3) is 11.8 Å². The van der Waals surface area contributed by atoms with Gasteiger partial charge in [-0.05, 0) is 30.7 Å². The number of carbonyl (C=O) groups is 3. The van der Waals surface area contributed by atoms with Crippen LogP contribution < -0.4 is 4.74 Å². The minimum Gasteiger partial charge on any atom is -0.426 e. The lowest BCUT2D eigenvalue weighted by Gasteiger charge is -2.13. The molecule has 0 saturated carbocycles. The van der Waals surface area contributed by atoms with Gasteiger partial charge in [0.15, 0.2) is 0 Å². The van der Waals surface area contributed by atoms with Gasteiger partial charge in [0.1, 0.15) is 5.75 Å². The predicted molar refractivity (Wildman–Crippen MR) is 97.4 cm³/mol. The predicted octanol–water partition coefficient (Wildman–Crippen LogP) is 2.56. The fraction of sp³-hybridized carbons (Fsp3) is 0.200. The summed E-state index contributed by atoms with van der Waals surface area (Å²) in [5.41, 5.74) is 2.51. The number of imide groups is 1. The Morgan fingerprint density at radius 2 is 1.78 bits per heavy atom. The van der Waals surface area contributed by atoms with Crippen molar-refractivity contribution in [2.75, 3.05) is 6.54 Å². The second-order valence-corrected chi connectivity index (χ2v) is 6.39. The Morgan fingerprint density at radius 3 is 2.48 bits per heavy atom. The number of rotatable bonds is 5. The van der Waals surface area contributed by atoms with Crippen molar-refractivity contribution in [1.29, 1.82) is 0 Å². The van der Waals surface area contributed by atoms with Crippen LogP contribution in [0.4, 0.5) is 0 Å². The molecule has 3 aromatic rings. The molecule has 0 radical (unpaired) electrons. The molecule has 7 nitrogen and oxygen atoms in total. The number of aryl methyl sites for hydroxylation is 1. The number of nitrogens with zero attached hydrogens (tertiary/aromatic N) is 3. The smallest absolute Gasteiger partial charge is 0.311 e. The van der Waals surface area contributed by atoms with Crippen molar-refractivity contribution in [2.24, 2.45) is 7.05 Å². The van der Waals surface area contributed by atoms with Crippen molar-refractivity contribution in [1.82, 2.24) is 14.5 Å². The number of imidazole rings is 1. The molecule has 7 heteroatoms. The zero-order valence-electron chi connectivity index (χ0n) is 14.7. The highest BCUT2D eigenvalue weighted by molar-refractivity contribution is 6.21. The molecule has 0 aliphatic carbocycles. The van der Waals surface area contributed by atoms with Crippen molar-refractivity contribution in [3.63, 3.8) is 0 Å². The van der Waals surface area contributed by atoms with E-state index < -0.39 is 5.97 Å². The number of hydrogen-bond acceptors (Lipinski definition) is 5. The van der Waals surface area contributed by atoms with Crippen LogP contribution in [-0.4, -0.2) is 38.8 Å². The molecule has 27 heavy (non-hydrogen) atoms. The first-order chi connectivity index (χ1) is 13.0. The number of aromatic nitrogens is 2. The van der Waals surface area contributed by atoms with Crippen molar-refractivity contribution < 1.29 is 19.1 Å². The van der Waals surface area contributed by atoms with Crippen molar-refractivity contribution in [3.05, 3.63) is 59.9 Å². The summed E-state index contributed by atoms with van der Waals surface area (Å²) < 4.78 is 7.21. The number of amides is 2. The Labute approximate surface area is 155 Å². The van der Waals surface area contributed by atoms with Crippen LogP contribution in [0.15, 0.2) is 48.8 Å². The molecule has 0 atom stereocenters. The van der Waals surface area contributed by atoms with E-state index in [9.17, 15) is 14.4 Å². The van der Waals surface area contributed by atoms with Gasteiger partial charge in [0.2, 0.25) is 0 Å². The molecule has 1 aliphatic rings. The zero-order valence-corrected chi connectivity index (χ0v) is 14.7. The minimum absolute atomic E-state index is 0.105. The molecular formula is C20H17N3O4. The number of benzene rings is 2. The van der Waals surface area contributed by atoms with Crippen LogP contribution in [0.3, 0.4) is 0 Å². The third-order valence-electron chi connectivity index (χ3n) is 4.57. The third-order valence-corrected chi connectivity index (χ3v) is 4.57. The van der Waals surface area contributed by atoms with Crippen LogP contribution in [0, 0.1) is 0 Å². The van der Waals surface area contributed by atoms with Crippen molar-refractivity contribution in [2.45, 2.75) is 12.8 Å². The average Bonchev–Trinajstić information content (AvgIpc) is 3.15. The molecule has 0 spiro atoms. The summed E-state index contributed by atoms with van der Waals surface area (Å²) in [6.45, 7) is 0.181. The van der Waals surface area contributed by atoms with E-state index in [-0.39, 0.29) is 24.8 Å². The first kappa shape index (κ1) is 17.0. The molecule has 1 aromatic heterocycles. The van der Waals surface area contributed by atoms with Gasteiger partial charge >= 0.3 is 5.97 Å². The van der Waals surface area contributed by atoms with Crippen molar-refractivity contribution in [3.8, 4) is 5.75 Å². The first-order valence-corrected chi connectivity index (χ1v) is 8.61. The van der Waals surface area contributed by atoms with E-state index in [1.807, 2.05) is 17.7 Å². The Hall–Kier alpha value is -3.48. The molecule has 2 heterocycles. The average molecular weight is 363 g/mol. The fourth-order valence-electron chi connectivity index (χ4n) is 3.19. The Balaban J connectivity index is 1.33. The summed E-state index contributed by atoms with van der Waals surface area (Å²) in [6, 6.07) is 12.0. The molecule has 0 fully saturated rings. The van der Waals surface area contributed by atoms with Gasteiger partial charge in [-0.25, -0.2) is 4.98 Å². The monoisotopic (exact) mass is 363 g/mol. The fourth-order valence-corrected chi connectivity index (χ4v) is 3.19. The normalized spacial score (nSPS) is 13.3. The molecule has 0 unspecified atom stereocenters. The first-order valence-electron chi connectivity index (χ1n) is 8.61. The van der Waals surface area contributed by atoms with E-state index in [2.05, 4.69) is 4.98 Å². The lowest BCUT2D eigenvalue weighted by Crippen LogP contribution is -2.31. The molecule has 1 aliphatic heterocycles. The lowest BCUT2D eigenvalue weighted by molar-refractivity contribution is -0.134. The molecule has 0 N–H and O–H groups in total. The highest BCUT2D eigenvalue weighted by Crippen LogP contribution is 2.23. The number of hydrogen-bond donors (Lipinski definition) is 0. The highest BCUT2D eigenvalue weighted by atomic mass is 16.5. The lowest BCUT2D eigenvalue weighted by atomic mass is 10.1. The summed E-state index contributed by atoms with van der Waals surface area (Å²) in [6.07, 6.45) is 2.14. The van der Waals surface area contributed by atoms with Gasteiger partial charge in [-0.3, -0.25) is 19.3 Å². The molecule has 0 bridgehead atoms. The van der Waals surface area contributed by atoms with Gasteiger partial charge in [0.05, 0.1) is 28.5 Å². The summed E-state index contributed by atoms with van der Waals surface area (Å²) in [5, 5.41) is 0. The zero-order chi connectivity index (χ0) is 19.0. The second kappa shape index (κ2) is 6.68. The molecule has 2 aromatic carbocycles. The Bertz CT molecular complexity index is 1040. The quantitative estimate of drug-likeness (QED) is 0.395. The van der Waals surface area contributed by atoms with E-state index >= 15 is 0 Å². The van der Waals surface area contributed by atoms with Crippen LogP contribution in [0.1, 0.15) is 33.6 Å². The number of fused-ring (bicyclic) bond motifs is 2. The SMILES string of the molecule is Cn1cnc2cc(OC(=O)CCCN3C(=O)c4ccccc4C3=O)ccc21. The minimum atomic E-state index is -0.415. The standard InChI is InChI=1S/C20H17N3O4/c1-22-12-21-16-11-13(8-9-17(16)22)27-18(24)7-4-10-23-19(25)14-5-2-3-6-15(14)20(23)26/h2-3,5-6,8-9,11-12H,4,7,10H2,1H3. The molecule has 4 rings (SSSR count). The van der Waals surface area contributed by atoms with E-state index in [1.165, 1.54) is 4.90 Å². The number of ether oxygens (including phenoxy) is 1. The van der Waals surface area contributed by atoms with Crippen LogP contribution in [0.2, 0.25) is 0 Å². The van der Waals surface area contributed by atoms with Crippen LogP contribution in [0.5, 0.6) is 5.75 Å². The Morgan fingerprint density at radius 1 is 1.07 bits per heavy atom. The van der Waals surface area contributed by atoms with Gasteiger partial charge in [-0.2, -0.15) is 0 Å². The van der Waals surface area contributed by atoms with Crippen LogP contribution in [0.25, 0.3) is 11.0 Å². The number of esters is 1. The summed E-state index contributed by atoms with van der Waals surface area (Å²) >= 11 is 0. The Kier molecular flexibility index (Phi) is 4.19. The van der Waals surface area contributed by atoms with E-state index in [1.54, 1.807) is 42.7 Å². The van der Waals surface area contributed by atoms with Gasteiger partial charge < -0.3 is 9.30 Å². The largest absolute Gasteiger partial charge is 0.426 e. The van der Waals surface area contributed by atoms with Gasteiger partial charge in [-0.15, -0.1) is 0 Å². The van der Waals surface area contributed by atoms with E-state index in [0.717, 1.165) is 11.0 Å². The second-order valence-electron chi connectivity index (χ2n) is 6.39. The molecule has 0 saturated heterocycles. The van der Waals surface area contributed by atoms with E-state index in [0.29, 0.717) is 23.3 Å². The maximum atomic E-state index is 12.3. The van der Waals surface area contributed by atoms with Gasteiger partial charge in [-0.1, -0.05) is 12.1 Å². The van der Waals surface area contributed by atoms with Crippen molar-refractivity contribution >= 4 is 28.8 Å². The van der Waals surface area contributed by atoms with Gasteiger partial charge in [0, 0.05) is 26.1 Å². The molecule has 2 amide bonds. The third kappa shape index (κ3) is 3.08. The maximum absolute atomic E-state index is 12.3. The number of carbonyl (C=O) groups excluding carboxylic acids is 3. The molecule has 136 valence electrons. The van der Waals surface area contributed by atoms with E-state index in [4.69, 9.17) is 4.74 Å². The summed E-state index contributed by atoms with van der Waals surface area (Å²) in [7, 11) is 1.89. The molecular weight excluding hydrogens is 346 g/mol.